The molecule has 0 aliphatic carbocycles. The van der Waals surface area contributed by atoms with E-state index >= 15 is 0 Å². The zero-order valence-corrected chi connectivity index (χ0v) is 15.6. The molecular weight excluding hydrogens is 312 g/mol. The number of ether oxygens (including phenoxy) is 2. The van der Waals surface area contributed by atoms with Crippen LogP contribution < -0.4 is 5.32 Å². The molecule has 0 aromatic rings. The molecule has 0 fully saturated rings. The summed E-state index contributed by atoms with van der Waals surface area (Å²) < 4.78 is 11.0. The van der Waals surface area contributed by atoms with E-state index in [-0.39, 0.29) is 12.2 Å². The van der Waals surface area contributed by atoms with Crippen molar-refractivity contribution in [1.82, 2.24) is 10.2 Å². The lowest BCUT2D eigenvalue weighted by Gasteiger charge is -2.25. The topological polar surface area (TPSA) is 94.4 Å². The van der Waals surface area contributed by atoms with E-state index in [9.17, 15) is 15.3 Å². The maximum atomic E-state index is 9.73. The largest absolute Gasteiger partial charge is 0.392 e. The summed E-state index contributed by atoms with van der Waals surface area (Å²) in [6.07, 6.45) is 0.378. The van der Waals surface area contributed by atoms with E-state index in [4.69, 9.17) is 9.47 Å². The maximum absolute atomic E-state index is 9.73. The van der Waals surface area contributed by atoms with Gasteiger partial charge in [0.2, 0.25) is 0 Å². The summed E-state index contributed by atoms with van der Waals surface area (Å²) in [5, 5.41) is 31.7. The molecule has 7 heteroatoms. The van der Waals surface area contributed by atoms with Gasteiger partial charge < -0.3 is 30.1 Å². The van der Waals surface area contributed by atoms with Gasteiger partial charge in [0.05, 0.1) is 44.7 Å². The molecule has 0 bridgehead atoms. The lowest BCUT2D eigenvalue weighted by atomic mass is 10.2. The van der Waals surface area contributed by atoms with E-state index in [0.29, 0.717) is 65.6 Å². The zero-order chi connectivity index (χ0) is 18.2. The Balaban J connectivity index is 3.54. The molecule has 0 aromatic heterocycles. The molecular formula is C17H38N2O5. The molecule has 3 atom stereocenters. The van der Waals surface area contributed by atoms with Crippen molar-refractivity contribution in [3.05, 3.63) is 0 Å². The number of nitrogens with one attached hydrogen (secondary N) is 1. The highest BCUT2D eigenvalue weighted by molar-refractivity contribution is 4.66. The van der Waals surface area contributed by atoms with Crippen molar-refractivity contribution in [2.45, 2.75) is 51.9 Å². The lowest BCUT2D eigenvalue weighted by molar-refractivity contribution is 0.0227. The first-order chi connectivity index (χ1) is 11.5. The van der Waals surface area contributed by atoms with Crippen LogP contribution in [0.15, 0.2) is 0 Å². The number of hydrogen-bond donors (Lipinski definition) is 4. The van der Waals surface area contributed by atoms with Crippen LogP contribution in [0.25, 0.3) is 0 Å². The maximum Gasteiger partial charge on any atom is 0.0701 e. The van der Waals surface area contributed by atoms with Gasteiger partial charge in [0.25, 0.3) is 0 Å². The SMILES string of the molecule is CCC(O)CNCCOCCOCCN(CC(C)O)CC(O)CC. The van der Waals surface area contributed by atoms with E-state index in [1.165, 1.54) is 0 Å². The average Bonchev–Trinajstić information content (AvgIpc) is 2.55. The van der Waals surface area contributed by atoms with Crippen molar-refractivity contribution in [2.75, 3.05) is 59.2 Å². The number of hydrogen-bond acceptors (Lipinski definition) is 7. The Morgan fingerprint density at radius 1 is 0.875 bits per heavy atom. The predicted molar refractivity (Wildman–Crippen MR) is 95.2 cm³/mol. The Morgan fingerprint density at radius 3 is 2.08 bits per heavy atom. The van der Waals surface area contributed by atoms with E-state index in [1.807, 2.05) is 18.7 Å². The molecule has 24 heavy (non-hydrogen) atoms. The van der Waals surface area contributed by atoms with Crippen LogP contribution in [0.1, 0.15) is 33.6 Å². The average molecular weight is 351 g/mol. The Kier molecular flexibility index (Phi) is 16.0. The van der Waals surface area contributed by atoms with E-state index in [1.54, 1.807) is 6.92 Å². The van der Waals surface area contributed by atoms with Gasteiger partial charge in [0.1, 0.15) is 0 Å². The number of rotatable bonds is 17. The highest BCUT2D eigenvalue weighted by atomic mass is 16.5. The highest BCUT2D eigenvalue weighted by Crippen LogP contribution is 1.99. The molecule has 3 unspecified atom stereocenters. The molecule has 0 saturated heterocycles. The Bertz CT molecular complexity index is 269. The van der Waals surface area contributed by atoms with E-state index in [2.05, 4.69) is 5.32 Å². The first-order valence-electron chi connectivity index (χ1n) is 9.12. The van der Waals surface area contributed by atoms with Crippen LogP contribution >= 0.6 is 0 Å². The summed E-state index contributed by atoms with van der Waals surface area (Å²) in [4.78, 5) is 2.02. The second-order valence-corrected chi connectivity index (χ2v) is 6.16. The first kappa shape index (κ1) is 23.7. The van der Waals surface area contributed by atoms with E-state index in [0.717, 1.165) is 6.42 Å². The molecule has 0 aromatic carbocycles. The number of aliphatic hydroxyl groups excluding tert-OH is 3. The molecule has 0 radical (unpaired) electrons. The van der Waals surface area contributed by atoms with Gasteiger partial charge in [-0.05, 0) is 19.8 Å². The lowest BCUT2D eigenvalue weighted by Crippen LogP contribution is -2.39. The summed E-state index contributed by atoms with van der Waals surface area (Å²) in [5.74, 6) is 0. The van der Waals surface area contributed by atoms with Crippen LogP contribution in [0.4, 0.5) is 0 Å². The van der Waals surface area contributed by atoms with Gasteiger partial charge in [0, 0.05) is 32.7 Å². The van der Waals surface area contributed by atoms with Crippen molar-refractivity contribution in [3.8, 4) is 0 Å². The standard InChI is InChI=1S/C17H38N2O5/c1-4-16(21)12-18-6-8-23-10-11-24-9-7-19(13-15(3)20)14-17(22)5-2/h15-18,20-22H,4-14H2,1-3H3. The third kappa shape index (κ3) is 15.3. The van der Waals surface area contributed by atoms with Crippen LogP contribution in [-0.2, 0) is 9.47 Å². The van der Waals surface area contributed by atoms with Gasteiger partial charge in [-0.2, -0.15) is 0 Å². The Hall–Kier alpha value is -0.280. The summed E-state index contributed by atoms with van der Waals surface area (Å²) in [6.45, 7) is 10.9. The van der Waals surface area contributed by atoms with Crippen LogP contribution in [0.2, 0.25) is 0 Å². The quantitative estimate of drug-likeness (QED) is 0.271. The molecule has 0 aliphatic rings. The number of aliphatic hydroxyl groups is 3. The molecule has 0 aliphatic heterocycles. The fourth-order valence-corrected chi connectivity index (χ4v) is 2.13. The molecule has 0 rings (SSSR count). The molecule has 0 saturated carbocycles. The summed E-state index contributed by atoms with van der Waals surface area (Å²) in [6, 6.07) is 0. The zero-order valence-electron chi connectivity index (χ0n) is 15.6. The predicted octanol–water partition coefficient (Wildman–Crippen LogP) is -0.166. The summed E-state index contributed by atoms with van der Waals surface area (Å²) >= 11 is 0. The summed E-state index contributed by atoms with van der Waals surface area (Å²) in [5.41, 5.74) is 0. The molecule has 7 nitrogen and oxygen atoms in total. The van der Waals surface area contributed by atoms with E-state index < -0.39 is 6.10 Å². The smallest absolute Gasteiger partial charge is 0.0701 e. The van der Waals surface area contributed by atoms with Gasteiger partial charge in [-0.25, -0.2) is 0 Å². The Labute approximate surface area is 146 Å². The van der Waals surface area contributed by atoms with Crippen molar-refractivity contribution in [2.24, 2.45) is 0 Å². The second-order valence-electron chi connectivity index (χ2n) is 6.16. The molecule has 0 spiro atoms. The van der Waals surface area contributed by atoms with Gasteiger partial charge in [-0.1, -0.05) is 13.8 Å². The number of nitrogens with zero attached hydrogens (tertiary/aromatic N) is 1. The highest BCUT2D eigenvalue weighted by Gasteiger charge is 2.12. The molecule has 0 heterocycles. The summed E-state index contributed by atoms with van der Waals surface area (Å²) in [7, 11) is 0. The Morgan fingerprint density at radius 2 is 1.50 bits per heavy atom. The monoisotopic (exact) mass is 350 g/mol. The van der Waals surface area contributed by atoms with Crippen molar-refractivity contribution in [1.29, 1.82) is 0 Å². The molecule has 146 valence electrons. The minimum Gasteiger partial charge on any atom is -0.392 e. The second kappa shape index (κ2) is 16.2. The van der Waals surface area contributed by atoms with Gasteiger partial charge in [-0.3, -0.25) is 4.90 Å². The molecule has 4 N–H and O–H groups in total. The minimum atomic E-state index is -0.420. The van der Waals surface area contributed by atoms with Crippen LogP contribution in [-0.4, -0.2) is 97.7 Å². The van der Waals surface area contributed by atoms with Crippen molar-refractivity contribution in [3.63, 3.8) is 0 Å². The van der Waals surface area contributed by atoms with Crippen LogP contribution in [0.3, 0.4) is 0 Å². The van der Waals surface area contributed by atoms with Crippen LogP contribution in [0, 0.1) is 0 Å². The fourth-order valence-electron chi connectivity index (χ4n) is 2.13. The molecule has 0 amide bonds. The van der Waals surface area contributed by atoms with Gasteiger partial charge in [0.15, 0.2) is 0 Å². The van der Waals surface area contributed by atoms with Crippen molar-refractivity contribution < 1.29 is 24.8 Å². The van der Waals surface area contributed by atoms with Gasteiger partial charge in [-0.15, -0.1) is 0 Å². The first-order valence-corrected chi connectivity index (χ1v) is 9.12. The minimum absolute atomic E-state index is 0.288. The normalized spacial score (nSPS) is 15.6. The third-order valence-electron chi connectivity index (χ3n) is 3.66. The van der Waals surface area contributed by atoms with Crippen molar-refractivity contribution >= 4 is 0 Å². The van der Waals surface area contributed by atoms with Crippen LogP contribution in [0.5, 0.6) is 0 Å². The third-order valence-corrected chi connectivity index (χ3v) is 3.66. The fraction of sp³-hybridized carbons (Fsp3) is 1.00. The van der Waals surface area contributed by atoms with Gasteiger partial charge >= 0.3 is 0 Å².